The Morgan fingerprint density at radius 3 is 2.86 bits per heavy atom. The quantitative estimate of drug-likeness (QED) is 0.752. The molecule has 3 aromatic rings. The first-order valence-electron chi connectivity index (χ1n) is 6.53. The van der Waals surface area contributed by atoms with E-state index < -0.39 is 0 Å². The predicted molar refractivity (Wildman–Crippen MR) is 88.7 cm³/mol. The predicted octanol–water partition coefficient (Wildman–Crippen LogP) is 4.50. The Bertz CT molecular complexity index is 880. The molecule has 0 aliphatic heterocycles. The van der Waals surface area contributed by atoms with Crippen LogP contribution in [-0.2, 0) is 0 Å². The van der Waals surface area contributed by atoms with E-state index in [2.05, 4.69) is 15.3 Å². The maximum Gasteiger partial charge on any atom is 0.257 e. The van der Waals surface area contributed by atoms with Gasteiger partial charge in [0.05, 0.1) is 32.5 Å². The number of hydrogen-bond donors (Lipinski definition) is 1. The van der Waals surface area contributed by atoms with Gasteiger partial charge in [0, 0.05) is 17.8 Å². The summed E-state index contributed by atoms with van der Waals surface area (Å²) in [6.45, 7) is 1.79. The van der Waals surface area contributed by atoms with E-state index in [-0.39, 0.29) is 5.91 Å². The lowest BCUT2D eigenvalue weighted by atomic mass is 10.1. The summed E-state index contributed by atoms with van der Waals surface area (Å²) >= 11 is 12.0. The fraction of sp³-hybridized carbons (Fsp3) is 0.0625. The van der Waals surface area contributed by atoms with Crippen LogP contribution in [0.1, 0.15) is 16.1 Å². The summed E-state index contributed by atoms with van der Waals surface area (Å²) in [4.78, 5) is 20.9. The number of carbonyl (C=O) groups excluding carboxylic acids is 1. The lowest BCUT2D eigenvalue weighted by Gasteiger charge is -2.10. The van der Waals surface area contributed by atoms with Crippen LogP contribution >= 0.6 is 23.2 Å². The van der Waals surface area contributed by atoms with Gasteiger partial charge in [-0.25, -0.2) is 0 Å². The van der Waals surface area contributed by atoms with Gasteiger partial charge in [-0.15, -0.1) is 0 Å². The molecule has 0 saturated carbocycles. The van der Waals surface area contributed by atoms with Gasteiger partial charge in [-0.1, -0.05) is 29.3 Å². The highest BCUT2D eigenvalue weighted by Crippen LogP contribution is 2.30. The summed E-state index contributed by atoms with van der Waals surface area (Å²) in [6, 6.07) is 8.64. The van der Waals surface area contributed by atoms with E-state index in [0.29, 0.717) is 27.0 Å². The van der Waals surface area contributed by atoms with Gasteiger partial charge in [-0.05, 0) is 31.2 Å². The molecule has 0 aliphatic rings. The zero-order valence-electron chi connectivity index (χ0n) is 11.6. The lowest BCUT2D eigenvalue weighted by Crippen LogP contribution is -2.14. The van der Waals surface area contributed by atoms with E-state index in [1.807, 2.05) is 0 Å². The number of amides is 1. The highest BCUT2D eigenvalue weighted by molar-refractivity contribution is 6.44. The van der Waals surface area contributed by atoms with E-state index in [0.717, 1.165) is 10.9 Å². The van der Waals surface area contributed by atoms with Crippen LogP contribution in [0.3, 0.4) is 0 Å². The molecule has 3 rings (SSSR count). The maximum atomic E-state index is 12.5. The molecule has 0 unspecified atom stereocenters. The van der Waals surface area contributed by atoms with Gasteiger partial charge in [0.1, 0.15) is 0 Å². The SMILES string of the molecule is Cc1nc2ccncc2cc1C(=O)Nc1cccc(Cl)c1Cl. The topological polar surface area (TPSA) is 54.9 Å². The Hall–Kier alpha value is -2.17. The number of nitrogens with zero attached hydrogens (tertiary/aromatic N) is 2. The number of nitrogens with one attached hydrogen (secondary N) is 1. The molecule has 0 atom stereocenters. The molecule has 0 aliphatic carbocycles. The molecule has 0 bridgehead atoms. The summed E-state index contributed by atoms with van der Waals surface area (Å²) in [6.07, 6.45) is 3.34. The van der Waals surface area contributed by atoms with Crippen LogP contribution in [0.2, 0.25) is 10.0 Å². The number of carbonyl (C=O) groups is 1. The summed E-state index contributed by atoms with van der Waals surface area (Å²) in [5.74, 6) is -0.292. The number of anilines is 1. The van der Waals surface area contributed by atoms with Crippen LogP contribution < -0.4 is 5.32 Å². The van der Waals surface area contributed by atoms with E-state index >= 15 is 0 Å². The van der Waals surface area contributed by atoms with Crippen molar-refractivity contribution in [1.29, 1.82) is 0 Å². The first-order chi connectivity index (χ1) is 10.6. The highest BCUT2D eigenvalue weighted by atomic mass is 35.5. The van der Waals surface area contributed by atoms with Crippen molar-refractivity contribution in [2.75, 3.05) is 5.32 Å². The van der Waals surface area contributed by atoms with Crippen molar-refractivity contribution in [2.24, 2.45) is 0 Å². The summed E-state index contributed by atoms with van der Waals surface area (Å²) in [7, 11) is 0. The minimum absolute atomic E-state index is 0.292. The Labute approximate surface area is 137 Å². The average molecular weight is 332 g/mol. The molecule has 2 aromatic heterocycles. The van der Waals surface area contributed by atoms with Gasteiger partial charge in [-0.3, -0.25) is 14.8 Å². The molecule has 1 amide bonds. The smallest absolute Gasteiger partial charge is 0.257 e. The fourth-order valence-electron chi connectivity index (χ4n) is 2.13. The van der Waals surface area contributed by atoms with Crippen LogP contribution in [0.15, 0.2) is 42.7 Å². The third kappa shape index (κ3) is 2.75. The minimum Gasteiger partial charge on any atom is -0.321 e. The molecule has 2 heterocycles. The Morgan fingerprint density at radius 1 is 1.23 bits per heavy atom. The Kier molecular flexibility index (Phi) is 3.96. The molecule has 1 N–H and O–H groups in total. The van der Waals surface area contributed by atoms with Gasteiger partial charge in [0.15, 0.2) is 0 Å². The van der Waals surface area contributed by atoms with Crippen LogP contribution in [0.5, 0.6) is 0 Å². The Balaban J connectivity index is 1.98. The second-order valence-electron chi connectivity index (χ2n) is 4.75. The molecule has 0 radical (unpaired) electrons. The number of fused-ring (bicyclic) bond motifs is 1. The third-order valence-electron chi connectivity index (χ3n) is 3.25. The average Bonchev–Trinajstić information content (AvgIpc) is 2.51. The molecule has 6 heteroatoms. The zero-order valence-corrected chi connectivity index (χ0v) is 13.1. The van der Waals surface area contributed by atoms with E-state index in [1.54, 1.807) is 49.6 Å². The second kappa shape index (κ2) is 5.91. The maximum absolute atomic E-state index is 12.5. The van der Waals surface area contributed by atoms with Crippen molar-refractivity contribution in [3.8, 4) is 0 Å². The van der Waals surface area contributed by atoms with Crippen molar-refractivity contribution < 1.29 is 4.79 Å². The van der Waals surface area contributed by atoms with Gasteiger partial charge in [0.2, 0.25) is 0 Å². The van der Waals surface area contributed by atoms with Crippen LogP contribution in [0, 0.1) is 6.92 Å². The van der Waals surface area contributed by atoms with E-state index in [9.17, 15) is 4.79 Å². The van der Waals surface area contributed by atoms with Crippen molar-refractivity contribution in [1.82, 2.24) is 9.97 Å². The molecular formula is C16H11Cl2N3O. The lowest BCUT2D eigenvalue weighted by molar-refractivity contribution is 0.102. The minimum atomic E-state index is -0.292. The third-order valence-corrected chi connectivity index (χ3v) is 4.07. The molecule has 0 saturated heterocycles. The number of aryl methyl sites for hydroxylation is 1. The van der Waals surface area contributed by atoms with E-state index in [4.69, 9.17) is 23.2 Å². The first kappa shape index (κ1) is 14.8. The van der Waals surface area contributed by atoms with Gasteiger partial charge < -0.3 is 5.32 Å². The number of halogens is 2. The Morgan fingerprint density at radius 2 is 2.05 bits per heavy atom. The summed E-state index contributed by atoms with van der Waals surface area (Å²) in [5.41, 5.74) is 2.36. The number of benzene rings is 1. The second-order valence-corrected chi connectivity index (χ2v) is 5.53. The van der Waals surface area contributed by atoms with E-state index in [1.165, 1.54) is 0 Å². The summed E-state index contributed by atoms with van der Waals surface area (Å²) < 4.78 is 0. The molecule has 0 spiro atoms. The zero-order chi connectivity index (χ0) is 15.7. The van der Waals surface area contributed by atoms with Crippen molar-refractivity contribution in [2.45, 2.75) is 6.92 Å². The van der Waals surface area contributed by atoms with Gasteiger partial charge in [0.25, 0.3) is 5.91 Å². The molecule has 22 heavy (non-hydrogen) atoms. The number of pyridine rings is 2. The largest absolute Gasteiger partial charge is 0.321 e. The number of hydrogen-bond acceptors (Lipinski definition) is 3. The molecule has 1 aromatic carbocycles. The van der Waals surface area contributed by atoms with Gasteiger partial charge in [-0.2, -0.15) is 0 Å². The fourth-order valence-corrected chi connectivity index (χ4v) is 2.48. The normalized spacial score (nSPS) is 10.7. The molecule has 4 nitrogen and oxygen atoms in total. The number of rotatable bonds is 2. The summed E-state index contributed by atoms with van der Waals surface area (Å²) in [5, 5.41) is 4.26. The van der Waals surface area contributed by atoms with Crippen molar-refractivity contribution >= 4 is 45.7 Å². The van der Waals surface area contributed by atoms with Crippen molar-refractivity contribution in [3.05, 3.63) is 64.0 Å². The molecule has 110 valence electrons. The number of aromatic nitrogens is 2. The highest BCUT2D eigenvalue weighted by Gasteiger charge is 2.14. The van der Waals surface area contributed by atoms with Crippen LogP contribution in [0.4, 0.5) is 5.69 Å². The van der Waals surface area contributed by atoms with Crippen LogP contribution in [0.25, 0.3) is 10.9 Å². The first-order valence-corrected chi connectivity index (χ1v) is 7.28. The molecular weight excluding hydrogens is 321 g/mol. The monoisotopic (exact) mass is 331 g/mol. The molecule has 0 fully saturated rings. The van der Waals surface area contributed by atoms with Gasteiger partial charge >= 0.3 is 0 Å². The standard InChI is InChI=1S/C16H11Cl2N3O/c1-9-11(7-10-8-19-6-5-13(10)20-9)16(22)21-14-4-2-3-12(17)15(14)18/h2-8H,1H3,(H,21,22). The van der Waals surface area contributed by atoms with Crippen molar-refractivity contribution in [3.63, 3.8) is 0 Å². The van der Waals surface area contributed by atoms with Crippen LogP contribution in [-0.4, -0.2) is 15.9 Å².